The van der Waals surface area contributed by atoms with Gasteiger partial charge in [-0.25, -0.2) is 4.98 Å². The molecule has 138 valence electrons. The van der Waals surface area contributed by atoms with Crippen LogP contribution in [0.5, 0.6) is 0 Å². The highest BCUT2D eigenvalue weighted by atomic mass is 32.2. The second kappa shape index (κ2) is 7.87. The number of benzene rings is 1. The summed E-state index contributed by atoms with van der Waals surface area (Å²) in [5, 5.41) is 10.5. The molecule has 6 heteroatoms. The first-order valence-electron chi connectivity index (χ1n) is 9.26. The number of hydrogen-bond donors (Lipinski definition) is 0. The maximum absolute atomic E-state index is 13.4. The molecular formula is C21H21N3OS2. The smallest absolute Gasteiger partial charge is 0.263 e. The van der Waals surface area contributed by atoms with E-state index in [2.05, 4.69) is 25.1 Å². The number of nitrogens with zero attached hydrogens (tertiary/aromatic N) is 3. The Kier molecular flexibility index (Phi) is 5.33. The van der Waals surface area contributed by atoms with E-state index in [4.69, 9.17) is 10.2 Å². The van der Waals surface area contributed by atoms with Gasteiger partial charge < -0.3 is 0 Å². The highest BCUT2D eigenvalue weighted by Crippen LogP contribution is 2.36. The topological polar surface area (TPSA) is 58.7 Å². The maximum Gasteiger partial charge on any atom is 0.263 e. The predicted molar refractivity (Wildman–Crippen MR) is 112 cm³/mol. The quantitative estimate of drug-likeness (QED) is 0.473. The fourth-order valence-corrected chi connectivity index (χ4v) is 5.81. The van der Waals surface area contributed by atoms with E-state index in [-0.39, 0.29) is 5.56 Å². The summed E-state index contributed by atoms with van der Waals surface area (Å²) in [5.41, 5.74) is 2.47. The maximum atomic E-state index is 13.4. The van der Waals surface area contributed by atoms with Crippen LogP contribution in [0.25, 0.3) is 10.2 Å². The molecule has 27 heavy (non-hydrogen) atoms. The third-order valence-corrected chi connectivity index (χ3v) is 7.10. The molecular weight excluding hydrogens is 374 g/mol. The van der Waals surface area contributed by atoms with Crippen molar-refractivity contribution in [1.82, 2.24) is 9.55 Å². The zero-order chi connectivity index (χ0) is 18.8. The van der Waals surface area contributed by atoms with Gasteiger partial charge >= 0.3 is 0 Å². The lowest BCUT2D eigenvalue weighted by atomic mass is 9.89. The van der Waals surface area contributed by atoms with Crippen molar-refractivity contribution in [2.24, 2.45) is 5.92 Å². The van der Waals surface area contributed by atoms with Crippen molar-refractivity contribution in [1.29, 1.82) is 5.26 Å². The molecule has 3 aromatic rings. The molecule has 0 saturated carbocycles. The molecule has 1 aliphatic carbocycles. The Labute approximate surface area is 166 Å². The summed E-state index contributed by atoms with van der Waals surface area (Å²) in [4.78, 5) is 20.4. The number of thioether (sulfide) groups is 1. The summed E-state index contributed by atoms with van der Waals surface area (Å²) in [5.74, 6) is 0.962. The van der Waals surface area contributed by atoms with Crippen LogP contribution < -0.4 is 5.56 Å². The normalized spacial score (nSPS) is 16.2. The van der Waals surface area contributed by atoms with Gasteiger partial charge in [-0.15, -0.1) is 11.3 Å². The molecule has 1 aliphatic rings. The lowest BCUT2D eigenvalue weighted by molar-refractivity contribution is 0.508. The first-order valence-corrected chi connectivity index (χ1v) is 11.1. The van der Waals surface area contributed by atoms with Crippen LogP contribution in [-0.4, -0.2) is 15.3 Å². The molecule has 0 aliphatic heterocycles. The zero-order valence-corrected chi connectivity index (χ0v) is 16.9. The molecule has 0 unspecified atom stereocenters. The van der Waals surface area contributed by atoms with Gasteiger partial charge in [-0.2, -0.15) is 5.26 Å². The number of rotatable bonds is 5. The Morgan fingerprint density at radius 3 is 2.96 bits per heavy atom. The molecule has 0 N–H and O–H groups in total. The second-order valence-corrected chi connectivity index (χ2v) is 9.09. The largest absolute Gasteiger partial charge is 0.287 e. The van der Waals surface area contributed by atoms with E-state index in [1.165, 1.54) is 27.8 Å². The number of thiophene rings is 1. The molecule has 1 atom stereocenters. The Bertz CT molecular complexity index is 1060. The van der Waals surface area contributed by atoms with Gasteiger partial charge in [0.05, 0.1) is 17.2 Å². The summed E-state index contributed by atoms with van der Waals surface area (Å²) >= 11 is 3.02. The van der Waals surface area contributed by atoms with Crippen LogP contribution in [0.15, 0.2) is 40.3 Å². The molecule has 2 heterocycles. The standard InChI is InChI=1S/C21H21N3OS2/c1-14-7-8-16-17(13-14)27-19-18(16)20(25)24(21(23-19)26-12-10-22)11-9-15-5-3-2-4-6-15/h2-6,14H,7-9,11-13H2,1H3/t14-/m0/s1. The van der Waals surface area contributed by atoms with Crippen molar-refractivity contribution in [2.45, 2.75) is 44.3 Å². The van der Waals surface area contributed by atoms with Gasteiger partial charge in [0.1, 0.15) is 4.83 Å². The van der Waals surface area contributed by atoms with E-state index in [1.54, 1.807) is 15.9 Å². The fourth-order valence-electron chi connectivity index (χ4n) is 3.69. The first-order chi connectivity index (χ1) is 13.2. The number of nitriles is 1. The number of fused-ring (bicyclic) bond motifs is 3. The van der Waals surface area contributed by atoms with Crippen molar-refractivity contribution in [2.75, 3.05) is 5.75 Å². The Morgan fingerprint density at radius 2 is 2.19 bits per heavy atom. The fraction of sp³-hybridized carbons (Fsp3) is 0.381. The van der Waals surface area contributed by atoms with Crippen LogP contribution in [0, 0.1) is 17.2 Å². The van der Waals surface area contributed by atoms with Crippen LogP contribution in [-0.2, 0) is 25.8 Å². The molecule has 0 radical (unpaired) electrons. The van der Waals surface area contributed by atoms with E-state index in [1.807, 2.05) is 18.2 Å². The van der Waals surface area contributed by atoms with Gasteiger partial charge in [0.2, 0.25) is 0 Å². The lowest BCUT2D eigenvalue weighted by Gasteiger charge is -2.17. The van der Waals surface area contributed by atoms with E-state index in [0.717, 1.165) is 35.9 Å². The third kappa shape index (κ3) is 3.67. The highest BCUT2D eigenvalue weighted by molar-refractivity contribution is 7.99. The molecule has 0 spiro atoms. The van der Waals surface area contributed by atoms with Gasteiger partial charge in [-0.3, -0.25) is 9.36 Å². The summed E-state index contributed by atoms with van der Waals surface area (Å²) in [6, 6.07) is 12.3. The number of hydrogen-bond acceptors (Lipinski definition) is 5. The molecule has 0 saturated heterocycles. The third-order valence-electron chi connectivity index (χ3n) is 5.11. The molecule has 4 rings (SSSR count). The van der Waals surface area contributed by atoms with Crippen LogP contribution >= 0.6 is 23.1 Å². The minimum atomic E-state index is 0.0587. The summed E-state index contributed by atoms with van der Waals surface area (Å²) < 4.78 is 1.78. The molecule has 2 aromatic heterocycles. The highest BCUT2D eigenvalue weighted by Gasteiger charge is 2.24. The lowest BCUT2D eigenvalue weighted by Crippen LogP contribution is -2.25. The van der Waals surface area contributed by atoms with Crippen LogP contribution in [0.2, 0.25) is 0 Å². The van der Waals surface area contributed by atoms with Crippen LogP contribution in [0.4, 0.5) is 0 Å². The van der Waals surface area contributed by atoms with Crippen molar-refractivity contribution < 1.29 is 0 Å². The van der Waals surface area contributed by atoms with E-state index in [9.17, 15) is 4.79 Å². The van der Waals surface area contributed by atoms with Crippen molar-refractivity contribution in [3.05, 3.63) is 56.7 Å². The molecule has 1 aromatic carbocycles. The van der Waals surface area contributed by atoms with Gasteiger partial charge in [0, 0.05) is 11.4 Å². The SMILES string of the molecule is C[C@H]1CCc2c(sc3nc(SCC#N)n(CCc4ccccc4)c(=O)c23)C1. The Morgan fingerprint density at radius 1 is 1.37 bits per heavy atom. The average molecular weight is 396 g/mol. The first kappa shape index (κ1) is 18.3. The minimum Gasteiger partial charge on any atom is -0.287 e. The van der Waals surface area contributed by atoms with Crippen molar-refractivity contribution >= 4 is 33.3 Å². The van der Waals surface area contributed by atoms with E-state index >= 15 is 0 Å². The van der Waals surface area contributed by atoms with Crippen LogP contribution in [0.1, 0.15) is 29.3 Å². The van der Waals surface area contributed by atoms with Gasteiger partial charge in [0.25, 0.3) is 5.56 Å². The van der Waals surface area contributed by atoms with Gasteiger partial charge in [-0.05, 0) is 42.7 Å². The number of aromatic nitrogens is 2. The molecule has 0 fully saturated rings. The zero-order valence-electron chi connectivity index (χ0n) is 15.3. The summed E-state index contributed by atoms with van der Waals surface area (Å²) in [6.45, 7) is 2.85. The second-order valence-electron chi connectivity index (χ2n) is 7.07. The number of aryl methyl sites for hydroxylation is 2. The molecule has 0 bridgehead atoms. The molecule has 4 nitrogen and oxygen atoms in total. The average Bonchev–Trinajstić information content (AvgIpc) is 3.04. The predicted octanol–water partition coefficient (Wildman–Crippen LogP) is 4.44. The van der Waals surface area contributed by atoms with E-state index in [0.29, 0.717) is 23.4 Å². The van der Waals surface area contributed by atoms with E-state index < -0.39 is 0 Å². The van der Waals surface area contributed by atoms with Gasteiger partial charge in [-0.1, -0.05) is 49.0 Å². The Balaban J connectivity index is 1.78. The monoisotopic (exact) mass is 395 g/mol. The Hall–Kier alpha value is -2.10. The summed E-state index contributed by atoms with van der Waals surface area (Å²) in [7, 11) is 0. The summed E-state index contributed by atoms with van der Waals surface area (Å²) in [6.07, 6.45) is 3.92. The van der Waals surface area contributed by atoms with Crippen LogP contribution in [0.3, 0.4) is 0 Å². The van der Waals surface area contributed by atoms with Crippen molar-refractivity contribution in [3.63, 3.8) is 0 Å². The van der Waals surface area contributed by atoms with Crippen molar-refractivity contribution in [3.8, 4) is 6.07 Å². The minimum absolute atomic E-state index is 0.0587. The van der Waals surface area contributed by atoms with Gasteiger partial charge in [0.15, 0.2) is 5.16 Å². The molecule has 0 amide bonds.